The second-order valence-corrected chi connectivity index (χ2v) is 5.64. The summed E-state index contributed by atoms with van der Waals surface area (Å²) in [4.78, 5) is 11.9. The maximum absolute atomic E-state index is 11.9. The summed E-state index contributed by atoms with van der Waals surface area (Å²) >= 11 is 0. The molecular weight excluding hydrogens is 192 g/mol. The zero-order valence-corrected chi connectivity index (χ0v) is 9.75. The molecule has 2 saturated carbocycles. The largest absolute Gasteiger partial charge is 0.469 e. The Hall–Kier alpha value is -0.570. The fourth-order valence-electron chi connectivity index (χ4n) is 3.96. The van der Waals surface area contributed by atoms with Crippen LogP contribution in [-0.2, 0) is 9.53 Å². The Morgan fingerprint density at radius 2 is 2.20 bits per heavy atom. The Morgan fingerprint density at radius 1 is 1.53 bits per heavy atom. The van der Waals surface area contributed by atoms with Crippen LogP contribution in [-0.4, -0.2) is 24.8 Å². The number of hydrogen-bond acceptors (Lipinski definition) is 3. The standard InChI is InChI=1S/C12H20O3/c1-11(2)8-4-5-12(6-8,9(11)7-13)10(14)15-3/h8-9,13H,4-7H2,1-3H3. The highest BCUT2D eigenvalue weighted by Crippen LogP contribution is 2.66. The predicted octanol–water partition coefficient (Wildman–Crippen LogP) is 1.59. The van der Waals surface area contributed by atoms with Gasteiger partial charge in [0.2, 0.25) is 0 Å². The Labute approximate surface area is 90.8 Å². The Kier molecular flexibility index (Phi) is 2.34. The topological polar surface area (TPSA) is 46.5 Å². The van der Waals surface area contributed by atoms with E-state index in [0.29, 0.717) is 5.92 Å². The van der Waals surface area contributed by atoms with Crippen molar-refractivity contribution in [3.8, 4) is 0 Å². The highest BCUT2D eigenvalue weighted by atomic mass is 16.5. The number of methoxy groups -OCH3 is 1. The van der Waals surface area contributed by atoms with E-state index in [4.69, 9.17) is 4.74 Å². The first-order valence-corrected chi connectivity index (χ1v) is 5.68. The van der Waals surface area contributed by atoms with Gasteiger partial charge in [0.05, 0.1) is 12.5 Å². The van der Waals surface area contributed by atoms with Gasteiger partial charge in [-0.05, 0) is 30.6 Å². The molecule has 2 bridgehead atoms. The molecule has 2 rings (SSSR count). The number of rotatable bonds is 2. The van der Waals surface area contributed by atoms with Gasteiger partial charge in [-0.1, -0.05) is 13.8 Å². The summed E-state index contributed by atoms with van der Waals surface area (Å²) in [5.41, 5.74) is -0.321. The molecule has 0 aliphatic heterocycles. The Bertz CT molecular complexity index is 285. The third-order valence-corrected chi connectivity index (χ3v) is 4.94. The number of aliphatic hydroxyl groups excluding tert-OH is 1. The Balaban J connectivity index is 2.37. The lowest BCUT2D eigenvalue weighted by molar-refractivity contribution is -0.159. The molecule has 3 unspecified atom stereocenters. The van der Waals surface area contributed by atoms with Crippen LogP contribution in [0, 0.1) is 22.7 Å². The average molecular weight is 212 g/mol. The minimum absolute atomic E-state index is 0.0659. The molecule has 3 heteroatoms. The van der Waals surface area contributed by atoms with Crippen LogP contribution in [0.4, 0.5) is 0 Å². The van der Waals surface area contributed by atoms with E-state index in [1.54, 1.807) is 0 Å². The van der Waals surface area contributed by atoms with Crippen LogP contribution in [0.2, 0.25) is 0 Å². The Morgan fingerprint density at radius 3 is 2.73 bits per heavy atom. The van der Waals surface area contributed by atoms with Crippen LogP contribution in [0.25, 0.3) is 0 Å². The predicted molar refractivity (Wildman–Crippen MR) is 56.1 cm³/mol. The first-order valence-electron chi connectivity index (χ1n) is 5.68. The van der Waals surface area contributed by atoms with Gasteiger partial charge in [0.25, 0.3) is 0 Å². The normalized spacial score (nSPS) is 41.9. The van der Waals surface area contributed by atoms with Gasteiger partial charge < -0.3 is 9.84 Å². The number of hydrogen-bond donors (Lipinski definition) is 1. The number of esters is 1. The summed E-state index contributed by atoms with van der Waals surface area (Å²) in [7, 11) is 1.45. The maximum atomic E-state index is 11.9. The molecule has 0 radical (unpaired) electrons. The molecule has 0 amide bonds. The number of fused-ring (bicyclic) bond motifs is 2. The van der Waals surface area contributed by atoms with Crippen LogP contribution in [0.3, 0.4) is 0 Å². The van der Waals surface area contributed by atoms with Gasteiger partial charge in [-0.3, -0.25) is 4.79 Å². The van der Waals surface area contributed by atoms with Crippen molar-refractivity contribution in [1.29, 1.82) is 0 Å². The minimum Gasteiger partial charge on any atom is -0.469 e. The highest BCUT2D eigenvalue weighted by Gasteiger charge is 2.65. The van der Waals surface area contributed by atoms with Gasteiger partial charge in [0, 0.05) is 12.5 Å². The summed E-state index contributed by atoms with van der Waals surface area (Å²) in [6.07, 6.45) is 2.88. The van der Waals surface area contributed by atoms with E-state index in [1.807, 2.05) is 0 Å². The van der Waals surface area contributed by atoms with Gasteiger partial charge >= 0.3 is 5.97 Å². The monoisotopic (exact) mass is 212 g/mol. The van der Waals surface area contributed by atoms with Crippen molar-refractivity contribution in [2.45, 2.75) is 33.1 Å². The highest BCUT2D eigenvalue weighted by molar-refractivity contribution is 5.78. The van der Waals surface area contributed by atoms with Crippen LogP contribution < -0.4 is 0 Å². The lowest BCUT2D eigenvalue weighted by Crippen LogP contribution is -2.43. The lowest BCUT2D eigenvalue weighted by atomic mass is 9.63. The zero-order chi connectivity index (χ0) is 11.3. The molecule has 3 atom stereocenters. The van der Waals surface area contributed by atoms with Crippen LogP contribution in [0.5, 0.6) is 0 Å². The van der Waals surface area contributed by atoms with Gasteiger partial charge in [0.1, 0.15) is 0 Å². The first kappa shape index (κ1) is 10.9. The van der Waals surface area contributed by atoms with Crippen molar-refractivity contribution in [1.82, 2.24) is 0 Å². The van der Waals surface area contributed by atoms with Crippen molar-refractivity contribution < 1.29 is 14.6 Å². The second kappa shape index (κ2) is 3.21. The van der Waals surface area contributed by atoms with E-state index in [9.17, 15) is 9.90 Å². The van der Waals surface area contributed by atoms with E-state index in [1.165, 1.54) is 7.11 Å². The molecule has 0 heterocycles. The molecule has 0 aromatic rings. The quantitative estimate of drug-likeness (QED) is 0.707. The second-order valence-electron chi connectivity index (χ2n) is 5.64. The average Bonchev–Trinajstić information content (AvgIpc) is 2.71. The molecule has 0 saturated heterocycles. The van der Waals surface area contributed by atoms with E-state index in [2.05, 4.69) is 13.8 Å². The van der Waals surface area contributed by atoms with E-state index < -0.39 is 5.41 Å². The molecule has 2 aliphatic carbocycles. The maximum Gasteiger partial charge on any atom is 0.312 e. The van der Waals surface area contributed by atoms with Crippen LogP contribution in [0.1, 0.15) is 33.1 Å². The fourth-order valence-corrected chi connectivity index (χ4v) is 3.96. The molecule has 86 valence electrons. The van der Waals surface area contributed by atoms with Crippen molar-refractivity contribution >= 4 is 5.97 Å². The molecule has 2 aliphatic rings. The van der Waals surface area contributed by atoms with Crippen LogP contribution >= 0.6 is 0 Å². The summed E-state index contributed by atoms with van der Waals surface area (Å²) in [5, 5.41) is 9.53. The van der Waals surface area contributed by atoms with Crippen molar-refractivity contribution in [2.75, 3.05) is 13.7 Å². The minimum atomic E-state index is -0.391. The van der Waals surface area contributed by atoms with Gasteiger partial charge in [-0.25, -0.2) is 0 Å². The smallest absolute Gasteiger partial charge is 0.312 e. The lowest BCUT2D eigenvalue weighted by Gasteiger charge is -2.41. The van der Waals surface area contributed by atoms with Gasteiger partial charge in [-0.2, -0.15) is 0 Å². The third-order valence-electron chi connectivity index (χ3n) is 4.94. The van der Waals surface area contributed by atoms with E-state index in [-0.39, 0.29) is 23.9 Å². The summed E-state index contributed by atoms with van der Waals surface area (Å²) in [5.74, 6) is 0.513. The molecule has 15 heavy (non-hydrogen) atoms. The molecule has 1 N–H and O–H groups in total. The molecule has 2 fully saturated rings. The molecule has 0 aromatic heterocycles. The number of carbonyl (C=O) groups excluding carboxylic acids is 1. The van der Waals surface area contributed by atoms with E-state index >= 15 is 0 Å². The number of carbonyl (C=O) groups is 1. The zero-order valence-electron chi connectivity index (χ0n) is 9.75. The summed E-state index contributed by atoms with van der Waals surface area (Å²) < 4.78 is 4.93. The van der Waals surface area contributed by atoms with Gasteiger partial charge in [0.15, 0.2) is 0 Å². The molecule has 3 nitrogen and oxygen atoms in total. The SMILES string of the molecule is COC(=O)C12CCC(C1)C(C)(C)C2CO. The summed E-state index contributed by atoms with van der Waals surface area (Å²) in [6.45, 7) is 4.43. The number of ether oxygens (including phenoxy) is 1. The van der Waals surface area contributed by atoms with E-state index in [0.717, 1.165) is 19.3 Å². The first-order chi connectivity index (χ1) is 6.99. The van der Waals surface area contributed by atoms with Gasteiger partial charge in [-0.15, -0.1) is 0 Å². The fraction of sp³-hybridized carbons (Fsp3) is 0.917. The van der Waals surface area contributed by atoms with Crippen molar-refractivity contribution in [3.63, 3.8) is 0 Å². The third kappa shape index (κ3) is 1.19. The molecular formula is C12H20O3. The van der Waals surface area contributed by atoms with Crippen LogP contribution in [0.15, 0.2) is 0 Å². The van der Waals surface area contributed by atoms with Crippen molar-refractivity contribution in [3.05, 3.63) is 0 Å². The molecule has 0 aromatic carbocycles. The molecule has 0 spiro atoms. The van der Waals surface area contributed by atoms with Crippen molar-refractivity contribution in [2.24, 2.45) is 22.7 Å². The summed E-state index contributed by atoms with van der Waals surface area (Å²) in [6, 6.07) is 0. The number of aliphatic hydroxyl groups is 1.